The molecule has 1 saturated heterocycles. The van der Waals surface area contributed by atoms with Crippen LogP contribution < -0.4 is 0 Å². The van der Waals surface area contributed by atoms with Crippen LogP contribution in [0.2, 0.25) is 0 Å². The van der Waals surface area contributed by atoms with Crippen LogP contribution in [0.3, 0.4) is 0 Å². The molecule has 2 aromatic rings. The van der Waals surface area contributed by atoms with Gasteiger partial charge in [0.1, 0.15) is 0 Å². The second kappa shape index (κ2) is 9.31. The molecule has 1 aliphatic heterocycles. The number of rotatable bonds is 6. The predicted molar refractivity (Wildman–Crippen MR) is 105 cm³/mol. The minimum atomic E-state index is -4.36. The summed E-state index contributed by atoms with van der Waals surface area (Å²) >= 11 is 0. The van der Waals surface area contributed by atoms with Crippen LogP contribution in [0.5, 0.6) is 0 Å². The van der Waals surface area contributed by atoms with E-state index in [1.165, 1.54) is 22.6 Å². The summed E-state index contributed by atoms with van der Waals surface area (Å²) in [6, 6.07) is 15.0. The lowest BCUT2D eigenvalue weighted by molar-refractivity contribution is -0.137. The molecule has 156 valence electrons. The van der Waals surface area contributed by atoms with Crippen molar-refractivity contribution >= 4 is 6.09 Å². The summed E-state index contributed by atoms with van der Waals surface area (Å²) in [5.41, 5.74) is 1.25. The molecule has 0 radical (unpaired) electrons. The fourth-order valence-electron chi connectivity index (χ4n) is 3.78. The van der Waals surface area contributed by atoms with E-state index < -0.39 is 17.8 Å². The van der Waals surface area contributed by atoms with Crippen LogP contribution in [0.4, 0.5) is 18.0 Å². The smallest absolute Gasteiger partial charge is 0.416 e. The molecule has 29 heavy (non-hydrogen) atoms. The molecule has 7 heteroatoms. The number of halogens is 3. The van der Waals surface area contributed by atoms with Crippen LogP contribution in [0, 0.1) is 0 Å². The number of piperidine rings is 1. The first-order valence-corrected chi connectivity index (χ1v) is 9.75. The van der Waals surface area contributed by atoms with Crippen molar-refractivity contribution in [2.75, 3.05) is 19.6 Å². The first-order valence-electron chi connectivity index (χ1n) is 9.75. The zero-order valence-corrected chi connectivity index (χ0v) is 16.1. The fourth-order valence-corrected chi connectivity index (χ4v) is 3.78. The lowest BCUT2D eigenvalue weighted by Crippen LogP contribution is -2.47. The predicted octanol–water partition coefficient (Wildman–Crippen LogP) is 4.89. The van der Waals surface area contributed by atoms with Gasteiger partial charge in [0.05, 0.1) is 5.56 Å². The highest BCUT2D eigenvalue weighted by Crippen LogP contribution is 2.29. The molecule has 0 unspecified atom stereocenters. The molecule has 1 heterocycles. The van der Waals surface area contributed by atoms with Crippen molar-refractivity contribution < 1.29 is 23.1 Å². The van der Waals surface area contributed by atoms with Gasteiger partial charge in [0.25, 0.3) is 0 Å². The van der Waals surface area contributed by atoms with Crippen molar-refractivity contribution in [1.82, 2.24) is 9.80 Å². The second-order valence-electron chi connectivity index (χ2n) is 7.41. The van der Waals surface area contributed by atoms with E-state index >= 15 is 0 Å². The van der Waals surface area contributed by atoms with E-state index in [4.69, 9.17) is 0 Å². The van der Waals surface area contributed by atoms with Gasteiger partial charge in [0.2, 0.25) is 0 Å². The van der Waals surface area contributed by atoms with Crippen LogP contribution in [0.25, 0.3) is 0 Å². The molecule has 0 aromatic heterocycles. The van der Waals surface area contributed by atoms with Gasteiger partial charge in [0.15, 0.2) is 0 Å². The summed E-state index contributed by atoms with van der Waals surface area (Å²) in [6.07, 6.45) is -3.43. The average molecular weight is 406 g/mol. The Hall–Kier alpha value is -2.54. The van der Waals surface area contributed by atoms with Gasteiger partial charge < -0.3 is 10.0 Å². The largest absolute Gasteiger partial charge is 0.465 e. The van der Waals surface area contributed by atoms with E-state index in [0.717, 1.165) is 44.6 Å². The normalized spacial score (nSPS) is 16.0. The Balaban J connectivity index is 1.52. The van der Waals surface area contributed by atoms with Crippen molar-refractivity contribution in [3.8, 4) is 0 Å². The maximum atomic E-state index is 12.7. The molecular formula is C22H25F3N2O2. The summed E-state index contributed by atoms with van der Waals surface area (Å²) in [5.74, 6) is 0. The van der Waals surface area contributed by atoms with Gasteiger partial charge in [-0.1, -0.05) is 42.5 Å². The molecule has 0 aliphatic carbocycles. The zero-order chi connectivity index (χ0) is 20.9. The van der Waals surface area contributed by atoms with Crippen molar-refractivity contribution in [1.29, 1.82) is 0 Å². The third kappa shape index (κ3) is 5.97. The van der Waals surface area contributed by atoms with Crippen molar-refractivity contribution in [3.05, 3.63) is 71.3 Å². The van der Waals surface area contributed by atoms with Gasteiger partial charge in [0, 0.05) is 32.2 Å². The van der Waals surface area contributed by atoms with Gasteiger partial charge in [-0.25, -0.2) is 4.79 Å². The lowest BCUT2D eigenvalue weighted by Gasteiger charge is -2.37. The third-order valence-corrected chi connectivity index (χ3v) is 5.42. The number of hydrogen-bond donors (Lipinski definition) is 1. The topological polar surface area (TPSA) is 43.8 Å². The highest BCUT2D eigenvalue weighted by Gasteiger charge is 2.30. The van der Waals surface area contributed by atoms with E-state index in [2.05, 4.69) is 17.0 Å². The number of benzene rings is 2. The van der Waals surface area contributed by atoms with E-state index in [0.29, 0.717) is 12.0 Å². The summed E-state index contributed by atoms with van der Waals surface area (Å²) in [4.78, 5) is 15.5. The molecule has 2 aromatic carbocycles. The Labute approximate surface area is 168 Å². The number of nitrogens with zero attached hydrogens (tertiary/aromatic N) is 2. The lowest BCUT2D eigenvalue weighted by atomic mass is 10.0. The highest BCUT2D eigenvalue weighted by atomic mass is 19.4. The molecule has 4 nitrogen and oxygen atoms in total. The Kier molecular flexibility index (Phi) is 6.79. The monoisotopic (exact) mass is 406 g/mol. The number of carbonyl (C=O) groups is 1. The summed E-state index contributed by atoms with van der Waals surface area (Å²) in [7, 11) is 0. The molecular weight excluding hydrogens is 381 g/mol. The molecule has 0 saturated carbocycles. The number of carboxylic acid groups (broad SMARTS) is 1. The molecule has 1 N–H and O–H groups in total. The molecule has 3 rings (SSSR count). The molecule has 0 spiro atoms. The minimum Gasteiger partial charge on any atom is -0.465 e. The van der Waals surface area contributed by atoms with Crippen LogP contribution in [-0.2, 0) is 19.1 Å². The standard InChI is InChI=1S/C22H25F3N2O2/c23-22(24,25)19-8-6-17(7-9-19)10-15-27(21(28)29)20-11-13-26(14-12-20)16-18-4-2-1-3-5-18/h1-9,20H,10-16H2,(H,28,29). The zero-order valence-electron chi connectivity index (χ0n) is 16.1. The Morgan fingerprint density at radius 2 is 1.62 bits per heavy atom. The first-order chi connectivity index (χ1) is 13.8. The molecule has 0 atom stereocenters. The number of alkyl halides is 3. The Morgan fingerprint density at radius 1 is 1.00 bits per heavy atom. The SMILES string of the molecule is O=C(O)N(CCc1ccc(C(F)(F)F)cc1)C1CCN(Cc2ccccc2)CC1. The number of amides is 1. The maximum absolute atomic E-state index is 12.7. The summed E-state index contributed by atoms with van der Waals surface area (Å²) in [5, 5.41) is 9.62. The van der Waals surface area contributed by atoms with E-state index in [1.54, 1.807) is 0 Å². The molecule has 1 aliphatic rings. The van der Waals surface area contributed by atoms with Crippen LogP contribution in [-0.4, -0.2) is 46.7 Å². The summed E-state index contributed by atoms with van der Waals surface area (Å²) in [6.45, 7) is 2.78. The van der Waals surface area contributed by atoms with E-state index in [1.807, 2.05) is 18.2 Å². The summed E-state index contributed by atoms with van der Waals surface area (Å²) < 4.78 is 38.0. The van der Waals surface area contributed by atoms with E-state index in [-0.39, 0.29) is 12.6 Å². The number of likely N-dealkylation sites (tertiary alicyclic amines) is 1. The maximum Gasteiger partial charge on any atom is 0.416 e. The van der Waals surface area contributed by atoms with Crippen molar-refractivity contribution in [3.63, 3.8) is 0 Å². The fraction of sp³-hybridized carbons (Fsp3) is 0.409. The van der Waals surface area contributed by atoms with Gasteiger partial charge >= 0.3 is 12.3 Å². The first kappa shape index (κ1) is 21.2. The van der Waals surface area contributed by atoms with Crippen molar-refractivity contribution in [2.24, 2.45) is 0 Å². The minimum absolute atomic E-state index is 0.0611. The number of hydrogen-bond acceptors (Lipinski definition) is 2. The van der Waals surface area contributed by atoms with Gasteiger partial charge in [-0.15, -0.1) is 0 Å². The van der Waals surface area contributed by atoms with Crippen LogP contribution >= 0.6 is 0 Å². The second-order valence-corrected chi connectivity index (χ2v) is 7.41. The van der Waals surface area contributed by atoms with Crippen molar-refractivity contribution in [2.45, 2.75) is 38.0 Å². The molecule has 1 fully saturated rings. The van der Waals surface area contributed by atoms with Crippen LogP contribution in [0.1, 0.15) is 29.5 Å². The molecule has 1 amide bonds. The quantitative estimate of drug-likeness (QED) is 0.743. The van der Waals surface area contributed by atoms with Gasteiger partial charge in [-0.05, 0) is 42.5 Å². The third-order valence-electron chi connectivity index (χ3n) is 5.42. The van der Waals surface area contributed by atoms with Crippen LogP contribution in [0.15, 0.2) is 54.6 Å². The average Bonchev–Trinajstić information content (AvgIpc) is 2.69. The van der Waals surface area contributed by atoms with Gasteiger partial charge in [-0.3, -0.25) is 4.90 Å². The Bertz CT molecular complexity index is 786. The highest BCUT2D eigenvalue weighted by molar-refractivity contribution is 5.65. The van der Waals surface area contributed by atoms with Gasteiger partial charge in [-0.2, -0.15) is 13.2 Å². The Morgan fingerprint density at radius 3 is 2.17 bits per heavy atom. The van der Waals surface area contributed by atoms with E-state index in [9.17, 15) is 23.1 Å². The molecule has 0 bridgehead atoms.